The summed E-state index contributed by atoms with van der Waals surface area (Å²) in [7, 11) is 0. The van der Waals surface area contributed by atoms with Gasteiger partial charge in [-0.15, -0.1) is 0 Å². The molecule has 29 heavy (non-hydrogen) atoms. The fourth-order valence-corrected chi connectivity index (χ4v) is 3.52. The zero-order chi connectivity index (χ0) is 18.9. The van der Waals surface area contributed by atoms with Crippen LogP contribution in [0, 0.1) is 5.92 Å². The highest BCUT2D eigenvalue weighted by Gasteiger charge is 2.26. The number of H-pyrrole nitrogens is 1. The summed E-state index contributed by atoms with van der Waals surface area (Å²) in [5.74, 6) is 4.00. The van der Waals surface area contributed by atoms with Gasteiger partial charge in [-0.05, 0) is 43.7 Å². The Morgan fingerprint density at radius 1 is 1.03 bits per heavy atom. The van der Waals surface area contributed by atoms with E-state index in [9.17, 15) is 0 Å². The van der Waals surface area contributed by atoms with Crippen LogP contribution in [0.25, 0.3) is 11.4 Å². The lowest BCUT2D eigenvalue weighted by Crippen LogP contribution is -2.34. The first-order valence-electron chi connectivity index (χ1n) is 9.98. The van der Waals surface area contributed by atoms with Gasteiger partial charge in [-0.3, -0.25) is 10.1 Å². The van der Waals surface area contributed by atoms with Crippen LogP contribution in [0.2, 0.25) is 0 Å². The van der Waals surface area contributed by atoms with E-state index in [-0.39, 0.29) is 7.43 Å². The highest BCUT2D eigenvalue weighted by Crippen LogP contribution is 2.39. The first-order chi connectivity index (χ1) is 13.7. The Morgan fingerprint density at radius 2 is 1.79 bits per heavy atom. The van der Waals surface area contributed by atoms with Gasteiger partial charge in [0.15, 0.2) is 11.6 Å². The summed E-state index contributed by atoms with van der Waals surface area (Å²) in [6, 6.07) is 5.89. The number of pyridine rings is 1. The number of rotatable bonds is 5. The fraction of sp³-hybridized carbons (Fsp3) is 0.476. The Bertz CT molecular complexity index is 942. The number of piperidine rings is 1. The molecular formula is C21H28N8. The van der Waals surface area contributed by atoms with Crippen molar-refractivity contribution in [3.05, 3.63) is 36.3 Å². The fourth-order valence-electron chi connectivity index (χ4n) is 3.52. The Hall–Kier alpha value is -3.03. The van der Waals surface area contributed by atoms with Crippen molar-refractivity contribution in [2.45, 2.75) is 46.0 Å². The summed E-state index contributed by atoms with van der Waals surface area (Å²) in [6.45, 7) is 4.23. The van der Waals surface area contributed by atoms with Crippen LogP contribution in [0.15, 0.2) is 30.6 Å². The molecule has 8 heteroatoms. The monoisotopic (exact) mass is 392 g/mol. The van der Waals surface area contributed by atoms with Gasteiger partial charge < -0.3 is 10.2 Å². The first-order valence-corrected chi connectivity index (χ1v) is 9.98. The minimum Gasteiger partial charge on any atom is -0.341 e. The van der Waals surface area contributed by atoms with E-state index in [4.69, 9.17) is 9.97 Å². The molecule has 1 saturated heterocycles. The maximum atomic E-state index is 4.75. The van der Waals surface area contributed by atoms with Gasteiger partial charge in [-0.2, -0.15) is 20.1 Å². The normalized spacial score (nSPS) is 17.1. The van der Waals surface area contributed by atoms with Gasteiger partial charge in [0.1, 0.15) is 0 Å². The van der Waals surface area contributed by atoms with E-state index < -0.39 is 0 Å². The zero-order valence-corrected chi connectivity index (χ0v) is 16.0. The largest absolute Gasteiger partial charge is 0.341 e. The SMILES string of the molecule is C.CC1CCN(c2nc(Nc3cc(C4CC4)[nH]n3)nc(-c3ccncc3)n2)CC1. The highest BCUT2D eigenvalue weighted by atomic mass is 15.3. The van der Waals surface area contributed by atoms with Crippen LogP contribution >= 0.6 is 0 Å². The lowest BCUT2D eigenvalue weighted by Gasteiger charge is -2.30. The van der Waals surface area contributed by atoms with E-state index in [1.807, 2.05) is 12.1 Å². The molecule has 1 saturated carbocycles. The molecule has 3 aromatic rings. The van der Waals surface area contributed by atoms with E-state index in [1.54, 1.807) is 12.4 Å². The number of aromatic amines is 1. The second-order valence-corrected chi connectivity index (χ2v) is 7.80. The second kappa shape index (κ2) is 8.14. The summed E-state index contributed by atoms with van der Waals surface area (Å²) in [6.07, 6.45) is 8.29. The van der Waals surface area contributed by atoms with Crippen molar-refractivity contribution in [3.8, 4) is 11.4 Å². The third-order valence-corrected chi connectivity index (χ3v) is 5.48. The molecule has 4 heterocycles. The van der Waals surface area contributed by atoms with Crippen LogP contribution in [0.5, 0.6) is 0 Å². The van der Waals surface area contributed by atoms with Gasteiger partial charge in [0.2, 0.25) is 11.9 Å². The third kappa shape index (κ3) is 4.36. The van der Waals surface area contributed by atoms with Crippen LogP contribution in [0.1, 0.15) is 51.6 Å². The van der Waals surface area contributed by atoms with Crippen LogP contribution in [-0.4, -0.2) is 43.2 Å². The van der Waals surface area contributed by atoms with Gasteiger partial charge in [0.05, 0.1) is 0 Å². The number of anilines is 3. The van der Waals surface area contributed by atoms with Gasteiger partial charge in [-0.1, -0.05) is 14.4 Å². The Balaban J connectivity index is 0.00000205. The summed E-state index contributed by atoms with van der Waals surface area (Å²) in [5, 5.41) is 10.7. The molecule has 3 aromatic heterocycles. The summed E-state index contributed by atoms with van der Waals surface area (Å²) >= 11 is 0. The van der Waals surface area contributed by atoms with E-state index >= 15 is 0 Å². The number of nitrogens with zero attached hydrogens (tertiary/aromatic N) is 6. The van der Waals surface area contributed by atoms with Crippen molar-refractivity contribution in [1.82, 2.24) is 30.1 Å². The molecule has 8 nitrogen and oxygen atoms in total. The molecule has 0 bridgehead atoms. The molecule has 1 aliphatic heterocycles. The Kier molecular flexibility index (Phi) is 5.42. The van der Waals surface area contributed by atoms with Gasteiger partial charge in [0, 0.05) is 48.7 Å². The predicted molar refractivity (Wildman–Crippen MR) is 114 cm³/mol. The molecular weight excluding hydrogens is 364 g/mol. The maximum absolute atomic E-state index is 4.75. The van der Waals surface area contributed by atoms with Crippen molar-refractivity contribution < 1.29 is 0 Å². The standard InChI is InChI=1S/C20H24N8.CH4/c1-13-6-10-28(11-7-13)20-24-18(15-4-8-21-9-5-15)23-19(25-20)22-17-12-16(26-27-17)14-2-3-14;/h4-5,8-9,12-14H,2-3,6-7,10-11H2,1H3,(H2,22,23,24,25,26,27);1H4. The lowest BCUT2D eigenvalue weighted by molar-refractivity contribution is 0.434. The van der Waals surface area contributed by atoms with Gasteiger partial charge in [0.25, 0.3) is 0 Å². The molecule has 2 fully saturated rings. The molecule has 0 atom stereocenters. The first kappa shape index (κ1) is 19.3. The Labute approximate surface area is 171 Å². The summed E-state index contributed by atoms with van der Waals surface area (Å²) in [5.41, 5.74) is 2.10. The van der Waals surface area contributed by atoms with Gasteiger partial charge >= 0.3 is 0 Å². The zero-order valence-electron chi connectivity index (χ0n) is 16.0. The number of hydrogen-bond acceptors (Lipinski definition) is 7. The van der Waals surface area contributed by atoms with Gasteiger partial charge in [-0.25, -0.2) is 0 Å². The molecule has 2 aliphatic rings. The van der Waals surface area contributed by atoms with Crippen molar-refractivity contribution >= 4 is 17.7 Å². The minimum absolute atomic E-state index is 0. The highest BCUT2D eigenvalue weighted by molar-refractivity contribution is 5.59. The van der Waals surface area contributed by atoms with E-state index in [0.717, 1.165) is 43.2 Å². The molecule has 0 radical (unpaired) electrons. The van der Waals surface area contributed by atoms with Crippen molar-refractivity contribution in [2.24, 2.45) is 5.92 Å². The molecule has 0 unspecified atom stereocenters. The topological polar surface area (TPSA) is 95.5 Å². The molecule has 0 amide bonds. The van der Waals surface area contributed by atoms with Crippen LogP contribution in [0.3, 0.4) is 0 Å². The molecule has 0 aromatic carbocycles. The van der Waals surface area contributed by atoms with E-state index in [2.05, 4.69) is 43.4 Å². The number of hydrogen-bond donors (Lipinski definition) is 2. The van der Waals surface area contributed by atoms with Crippen LogP contribution in [-0.2, 0) is 0 Å². The number of aromatic nitrogens is 6. The van der Waals surface area contributed by atoms with E-state index in [1.165, 1.54) is 18.5 Å². The second-order valence-electron chi connectivity index (χ2n) is 7.80. The Morgan fingerprint density at radius 3 is 2.52 bits per heavy atom. The predicted octanol–water partition coefficient (Wildman–Crippen LogP) is 4.15. The number of nitrogens with one attached hydrogen (secondary N) is 2. The molecule has 1 aliphatic carbocycles. The molecule has 0 spiro atoms. The average molecular weight is 393 g/mol. The van der Waals surface area contributed by atoms with E-state index in [0.29, 0.717) is 23.6 Å². The lowest BCUT2D eigenvalue weighted by atomic mass is 10.00. The summed E-state index contributed by atoms with van der Waals surface area (Å²) < 4.78 is 0. The van der Waals surface area contributed by atoms with Crippen LogP contribution < -0.4 is 10.2 Å². The van der Waals surface area contributed by atoms with Crippen molar-refractivity contribution in [1.29, 1.82) is 0 Å². The van der Waals surface area contributed by atoms with Crippen LogP contribution in [0.4, 0.5) is 17.7 Å². The molecule has 2 N–H and O–H groups in total. The third-order valence-electron chi connectivity index (χ3n) is 5.48. The maximum Gasteiger partial charge on any atom is 0.233 e. The van der Waals surface area contributed by atoms with Crippen molar-refractivity contribution in [2.75, 3.05) is 23.3 Å². The summed E-state index contributed by atoms with van der Waals surface area (Å²) in [4.78, 5) is 20.4. The smallest absolute Gasteiger partial charge is 0.233 e. The minimum atomic E-state index is 0. The molecule has 5 rings (SSSR count). The molecule has 152 valence electrons. The van der Waals surface area contributed by atoms with Crippen molar-refractivity contribution in [3.63, 3.8) is 0 Å². The average Bonchev–Trinajstić information content (AvgIpc) is 3.48. The quantitative estimate of drug-likeness (QED) is 0.673.